The molecule has 10 rings (SSSR count). The Bertz CT molecular complexity index is 2570. The number of sulfonamides is 1. The predicted molar refractivity (Wildman–Crippen MR) is 240 cm³/mol. The number of hydrogen-bond acceptors (Lipinski definition) is 12. The lowest BCUT2D eigenvalue weighted by atomic mass is 9.87. The molecule has 0 aromatic heterocycles. The van der Waals surface area contributed by atoms with Crippen molar-refractivity contribution in [1.29, 1.82) is 0 Å². The number of methoxy groups -OCH3 is 3. The van der Waals surface area contributed by atoms with Gasteiger partial charge in [0.05, 0.1) is 39.3 Å². The normalized spacial score (nSPS) is 18.3. The second-order valence-electron chi connectivity index (χ2n) is 16.4. The molecule has 3 N–H and O–H groups in total. The molecule has 0 saturated carbocycles. The predicted octanol–water partition coefficient (Wildman–Crippen LogP) is 7.74. The second-order valence-corrected chi connectivity index (χ2v) is 18.1. The maximum absolute atomic E-state index is 13.4. The molecule has 5 heterocycles. The van der Waals surface area contributed by atoms with Crippen LogP contribution in [0.1, 0.15) is 51.9 Å². The molecule has 0 spiro atoms. The van der Waals surface area contributed by atoms with Crippen molar-refractivity contribution in [1.82, 2.24) is 14.5 Å². The number of fused-ring (bicyclic) bond motifs is 3. The summed E-state index contributed by atoms with van der Waals surface area (Å²) in [6, 6.07) is 26.0. The molecule has 0 unspecified atom stereocenters. The zero-order chi connectivity index (χ0) is 43.0. The van der Waals surface area contributed by atoms with Crippen LogP contribution in [0.4, 0.5) is 11.4 Å². The topological polar surface area (TPSA) is 132 Å². The fraction of sp³-hybridized carbons (Fsp3) is 0.375. The van der Waals surface area contributed by atoms with E-state index in [1.54, 1.807) is 33.5 Å². The number of para-hydroxylation sites is 1. The van der Waals surface area contributed by atoms with Gasteiger partial charge < -0.3 is 39.1 Å². The van der Waals surface area contributed by atoms with Gasteiger partial charge in [-0.3, -0.25) is 9.80 Å². The Morgan fingerprint density at radius 1 is 0.742 bits per heavy atom. The molecule has 0 aliphatic carbocycles. The fourth-order valence-electron chi connectivity index (χ4n) is 9.23. The van der Waals surface area contributed by atoms with Crippen molar-refractivity contribution in [2.24, 2.45) is 0 Å². The summed E-state index contributed by atoms with van der Waals surface area (Å²) in [4.78, 5) is 4.99. The average Bonchev–Trinajstić information content (AvgIpc) is 3.28. The Hall–Kier alpha value is -5.67. The summed E-state index contributed by atoms with van der Waals surface area (Å²) in [6.45, 7) is 3.61. The van der Waals surface area contributed by atoms with E-state index in [1.165, 1.54) is 16.7 Å². The van der Waals surface area contributed by atoms with Gasteiger partial charge in [-0.1, -0.05) is 24.3 Å². The first-order valence-electron chi connectivity index (χ1n) is 21.3. The smallest absolute Gasteiger partial charge is 0.242 e. The quantitative estimate of drug-likeness (QED) is 0.119. The van der Waals surface area contributed by atoms with Crippen LogP contribution in [0.15, 0.2) is 83.8 Å². The van der Waals surface area contributed by atoms with Crippen LogP contribution in [0.25, 0.3) is 0 Å². The number of rotatable bonds is 10. The van der Waals surface area contributed by atoms with Gasteiger partial charge in [0.25, 0.3) is 0 Å². The molecule has 326 valence electrons. The molecule has 5 aromatic rings. The van der Waals surface area contributed by atoms with Crippen LogP contribution < -0.4 is 43.8 Å². The highest BCUT2D eigenvalue weighted by atomic mass is 32.2. The first-order valence-corrected chi connectivity index (χ1v) is 22.8. The van der Waals surface area contributed by atoms with Crippen LogP contribution >= 0.6 is 0 Å². The monoisotopic (exact) mass is 861 g/mol. The summed E-state index contributed by atoms with van der Waals surface area (Å²) in [7, 11) is 5.57. The molecule has 0 saturated heterocycles. The summed E-state index contributed by atoms with van der Waals surface area (Å²) in [6.07, 6.45) is 3.57. The van der Waals surface area contributed by atoms with Gasteiger partial charge in [0, 0.05) is 50.4 Å². The van der Waals surface area contributed by atoms with E-state index in [0.717, 1.165) is 61.3 Å². The number of hydrogen-bond donors (Lipinski definition) is 3. The largest absolute Gasteiger partial charge is 0.493 e. The number of nitrogens with zero attached hydrogens (tertiary/aromatic N) is 2. The minimum atomic E-state index is -3.75. The van der Waals surface area contributed by atoms with E-state index in [9.17, 15) is 8.42 Å². The minimum absolute atomic E-state index is 0.0944. The molecule has 0 fully saturated rings. The SMILES string of the molecule is COc1cc2c3cc1Oc1c(OC)c(OC)cc4c1[C@H](Cc1ccc(OCCCNS(=O)(=O)c5cccc6c5NCCN6)c(c1)Oc1ccc(cc1)C[C@H]3N(C)CC2)N(C)CC4. The van der Waals surface area contributed by atoms with Gasteiger partial charge in [-0.25, -0.2) is 13.1 Å². The van der Waals surface area contributed by atoms with Crippen molar-refractivity contribution in [3.8, 4) is 46.0 Å². The molecule has 0 amide bonds. The molecule has 14 heteroatoms. The molecule has 6 bridgehead atoms. The van der Waals surface area contributed by atoms with E-state index in [-0.39, 0.29) is 30.1 Å². The zero-order valence-electron chi connectivity index (χ0n) is 36.0. The summed E-state index contributed by atoms with van der Waals surface area (Å²) in [5.74, 6) is 4.88. The molecule has 13 nitrogen and oxygen atoms in total. The van der Waals surface area contributed by atoms with Gasteiger partial charge in [-0.2, -0.15) is 0 Å². The highest BCUT2D eigenvalue weighted by molar-refractivity contribution is 7.89. The Kier molecular flexibility index (Phi) is 11.8. The average molecular weight is 862 g/mol. The van der Waals surface area contributed by atoms with Crippen LogP contribution in [0, 0.1) is 0 Å². The maximum Gasteiger partial charge on any atom is 0.242 e. The van der Waals surface area contributed by atoms with Gasteiger partial charge >= 0.3 is 0 Å². The number of anilines is 2. The molecular weight excluding hydrogens is 807 g/mol. The van der Waals surface area contributed by atoms with Crippen LogP contribution in [-0.4, -0.2) is 93.0 Å². The Labute approximate surface area is 364 Å². The molecular formula is C48H55N5O8S. The third kappa shape index (κ3) is 8.19. The first kappa shape index (κ1) is 41.7. The first-order chi connectivity index (χ1) is 30.1. The van der Waals surface area contributed by atoms with Gasteiger partial charge in [-0.05, 0) is 129 Å². The zero-order valence-corrected chi connectivity index (χ0v) is 36.8. The Balaban J connectivity index is 1.05. The number of nitrogens with one attached hydrogen (secondary N) is 3. The van der Waals surface area contributed by atoms with Gasteiger partial charge in [0.15, 0.2) is 34.5 Å². The van der Waals surface area contributed by atoms with E-state index >= 15 is 0 Å². The maximum atomic E-state index is 13.4. The summed E-state index contributed by atoms with van der Waals surface area (Å²) >= 11 is 0. The fourth-order valence-corrected chi connectivity index (χ4v) is 10.5. The number of benzene rings is 5. The van der Waals surface area contributed by atoms with Crippen molar-refractivity contribution in [3.63, 3.8) is 0 Å². The van der Waals surface area contributed by atoms with Crippen molar-refractivity contribution in [3.05, 3.63) is 112 Å². The minimum Gasteiger partial charge on any atom is -0.493 e. The molecule has 0 radical (unpaired) electrons. The molecule has 5 aromatic carbocycles. The molecule has 5 aliphatic heterocycles. The Morgan fingerprint density at radius 3 is 2.24 bits per heavy atom. The van der Waals surface area contributed by atoms with Gasteiger partial charge in [0.2, 0.25) is 15.8 Å². The van der Waals surface area contributed by atoms with E-state index in [0.29, 0.717) is 71.1 Å². The van der Waals surface area contributed by atoms with E-state index in [1.807, 2.05) is 30.3 Å². The second kappa shape index (κ2) is 17.6. The Morgan fingerprint density at radius 2 is 1.45 bits per heavy atom. The lowest BCUT2D eigenvalue weighted by Crippen LogP contribution is -2.34. The van der Waals surface area contributed by atoms with Gasteiger partial charge in [0.1, 0.15) is 10.6 Å². The third-order valence-corrected chi connectivity index (χ3v) is 14.1. The van der Waals surface area contributed by atoms with Crippen LogP contribution in [-0.2, 0) is 35.7 Å². The van der Waals surface area contributed by atoms with Crippen molar-refractivity contribution < 1.29 is 36.8 Å². The van der Waals surface area contributed by atoms with E-state index in [2.05, 4.69) is 75.6 Å². The summed E-state index contributed by atoms with van der Waals surface area (Å²) in [5, 5.41) is 6.48. The summed E-state index contributed by atoms with van der Waals surface area (Å²) < 4.78 is 67.6. The van der Waals surface area contributed by atoms with Crippen LogP contribution in [0.2, 0.25) is 0 Å². The van der Waals surface area contributed by atoms with Gasteiger partial charge in [-0.15, -0.1) is 0 Å². The van der Waals surface area contributed by atoms with Crippen molar-refractivity contribution in [2.45, 2.75) is 49.1 Å². The standard InChI is InChI=1S/C48H55N5O8S/c1-52-21-16-32-27-40(56-3)42-29-35(32)37(52)24-30-10-13-34(14-11-30)60-41-26-31(25-38-45-33(17-22-53(38)2)28-43(57-4)47(58-5)48(45)61-42)12-15-39(41)59-23-7-18-51-62(54,55)44-9-6-8-36-46(44)50-20-19-49-36/h6,8-15,26-29,37-38,49-51H,7,16-25H2,1-5H3/t37-,38+/m1/s1. The third-order valence-electron chi connectivity index (χ3n) is 12.6. The summed E-state index contributed by atoms with van der Waals surface area (Å²) in [5.41, 5.74) is 8.21. The van der Waals surface area contributed by atoms with Crippen molar-refractivity contribution >= 4 is 21.4 Å². The van der Waals surface area contributed by atoms with Crippen LogP contribution in [0.5, 0.6) is 46.0 Å². The lowest BCUT2D eigenvalue weighted by Gasteiger charge is -2.37. The van der Waals surface area contributed by atoms with Crippen molar-refractivity contribution in [2.75, 3.05) is 85.4 Å². The van der Waals surface area contributed by atoms with E-state index in [4.69, 9.17) is 28.4 Å². The lowest BCUT2D eigenvalue weighted by molar-refractivity contribution is 0.220. The number of ether oxygens (including phenoxy) is 6. The molecule has 5 aliphatic rings. The number of likely N-dealkylation sites (N-methyl/N-ethyl adjacent to an activating group) is 2. The molecule has 2 atom stereocenters. The molecule has 62 heavy (non-hydrogen) atoms. The van der Waals surface area contributed by atoms with Crippen LogP contribution in [0.3, 0.4) is 0 Å². The van der Waals surface area contributed by atoms with E-state index < -0.39 is 10.0 Å². The highest BCUT2D eigenvalue weighted by Gasteiger charge is 2.35. The highest BCUT2D eigenvalue weighted by Crippen LogP contribution is 2.52.